The van der Waals surface area contributed by atoms with Gasteiger partial charge in [-0.2, -0.15) is 0 Å². The molecule has 0 amide bonds. The number of rotatable bonds is 3. The molecule has 0 atom stereocenters. The lowest BCUT2D eigenvalue weighted by Crippen LogP contribution is -2.47. The number of carbonyl (C=O) groups is 1. The Morgan fingerprint density at radius 2 is 2.19 bits per heavy atom. The van der Waals surface area contributed by atoms with E-state index in [9.17, 15) is 9.18 Å². The fourth-order valence-corrected chi connectivity index (χ4v) is 1.70. The van der Waals surface area contributed by atoms with Crippen LogP contribution in [0.1, 0.15) is 26.2 Å². The van der Waals surface area contributed by atoms with Crippen molar-refractivity contribution < 1.29 is 18.7 Å². The molecule has 16 heavy (non-hydrogen) atoms. The summed E-state index contributed by atoms with van der Waals surface area (Å²) in [6, 6.07) is 5.83. The van der Waals surface area contributed by atoms with Crippen molar-refractivity contribution in [3.05, 3.63) is 30.1 Å². The lowest BCUT2D eigenvalue weighted by Gasteiger charge is -2.40. The van der Waals surface area contributed by atoms with Gasteiger partial charge in [0.2, 0.25) is 0 Å². The van der Waals surface area contributed by atoms with Gasteiger partial charge in [0.25, 0.3) is 5.79 Å². The van der Waals surface area contributed by atoms with Crippen LogP contribution in [-0.4, -0.2) is 11.8 Å². The summed E-state index contributed by atoms with van der Waals surface area (Å²) < 4.78 is 23.6. The maximum absolute atomic E-state index is 12.9. The first-order chi connectivity index (χ1) is 7.60. The molecule has 86 valence electrons. The number of halogens is 1. The monoisotopic (exact) mass is 224 g/mol. The van der Waals surface area contributed by atoms with Crippen LogP contribution in [0.5, 0.6) is 5.75 Å². The van der Waals surface area contributed by atoms with Gasteiger partial charge in [-0.05, 0) is 18.6 Å². The molecule has 0 radical (unpaired) electrons. The summed E-state index contributed by atoms with van der Waals surface area (Å²) in [5, 5.41) is 0. The van der Waals surface area contributed by atoms with Gasteiger partial charge in [0.05, 0.1) is 0 Å². The van der Waals surface area contributed by atoms with Gasteiger partial charge < -0.3 is 9.47 Å². The SMILES string of the molecule is CC(=O)OC1(Oc2cccc(F)c2)CCC1. The van der Waals surface area contributed by atoms with Crippen LogP contribution in [0, 0.1) is 5.82 Å². The third kappa shape index (κ3) is 2.32. The van der Waals surface area contributed by atoms with E-state index in [0.717, 1.165) is 6.42 Å². The standard InChI is InChI=1S/C12H13FO3/c1-9(14)15-12(6-3-7-12)16-11-5-2-4-10(13)8-11/h2,4-5,8H,3,6-7H2,1H3. The average molecular weight is 224 g/mol. The highest BCUT2D eigenvalue weighted by Crippen LogP contribution is 2.37. The molecule has 0 spiro atoms. The summed E-state index contributed by atoms with van der Waals surface area (Å²) in [4.78, 5) is 10.9. The highest BCUT2D eigenvalue weighted by Gasteiger charge is 2.43. The average Bonchev–Trinajstić information content (AvgIpc) is 2.13. The van der Waals surface area contributed by atoms with Crippen LogP contribution in [0.3, 0.4) is 0 Å². The van der Waals surface area contributed by atoms with E-state index in [4.69, 9.17) is 9.47 Å². The normalized spacial score (nSPS) is 17.4. The van der Waals surface area contributed by atoms with E-state index in [1.54, 1.807) is 12.1 Å². The number of hydrogen-bond acceptors (Lipinski definition) is 3. The van der Waals surface area contributed by atoms with Crippen LogP contribution >= 0.6 is 0 Å². The Hall–Kier alpha value is -1.58. The van der Waals surface area contributed by atoms with Crippen molar-refractivity contribution in [2.24, 2.45) is 0 Å². The molecule has 0 unspecified atom stereocenters. The molecule has 2 rings (SSSR count). The van der Waals surface area contributed by atoms with Gasteiger partial charge in [-0.25, -0.2) is 4.39 Å². The van der Waals surface area contributed by atoms with Gasteiger partial charge in [-0.3, -0.25) is 4.79 Å². The molecular formula is C12H13FO3. The zero-order valence-electron chi connectivity index (χ0n) is 9.03. The number of hydrogen-bond donors (Lipinski definition) is 0. The van der Waals surface area contributed by atoms with Crippen LogP contribution in [0.4, 0.5) is 4.39 Å². The van der Waals surface area contributed by atoms with Crippen LogP contribution in [0.15, 0.2) is 24.3 Å². The summed E-state index contributed by atoms with van der Waals surface area (Å²) in [5.41, 5.74) is 0. The number of benzene rings is 1. The summed E-state index contributed by atoms with van der Waals surface area (Å²) >= 11 is 0. The Morgan fingerprint density at radius 3 is 2.69 bits per heavy atom. The third-order valence-electron chi connectivity index (χ3n) is 2.55. The van der Waals surface area contributed by atoms with E-state index in [2.05, 4.69) is 0 Å². The molecular weight excluding hydrogens is 211 g/mol. The van der Waals surface area contributed by atoms with Crippen LogP contribution < -0.4 is 4.74 Å². The first-order valence-corrected chi connectivity index (χ1v) is 5.24. The Labute approximate surface area is 93.2 Å². The lowest BCUT2D eigenvalue weighted by molar-refractivity contribution is -0.223. The molecule has 0 bridgehead atoms. The number of ether oxygens (including phenoxy) is 2. The quantitative estimate of drug-likeness (QED) is 0.585. The van der Waals surface area contributed by atoms with Gasteiger partial charge in [-0.15, -0.1) is 0 Å². The van der Waals surface area contributed by atoms with Gasteiger partial charge in [0, 0.05) is 25.8 Å². The Morgan fingerprint density at radius 1 is 1.44 bits per heavy atom. The Bertz CT molecular complexity index is 399. The van der Waals surface area contributed by atoms with E-state index in [1.165, 1.54) is 19.1 Å². The first kappa shape index (κ1) is 10.9. The van der Waals surface area contributed by atoms with Gasteiger partial charge in [-0.1, -0.05) is 6.07 Å². The fourth-order valence-electron chi connectivity index (χ4n) is 1.70. The van der Waals surface area contributed by atoms with Gasteiger partial charge >= 0.3 is 5.97 Å². The maximum atomic E-state index is 12.9. The minimum atomic E-state index is -0.875. The van der Waals surface area contributed by atoms with Gasteiger partial charge in [0.15, 0.2) is 0 Å². The zero-order chi connectivity index (χ0) is 11.6. The van der Waals surface area contributed by atoms with Crippen molar-refractivity contribution in [3.63, 3.8) is 0 Å². The zero-order valence-corrected chi connectivity index (χ0v) is 9.03. The molecule has 0 saturated heterocycles. The third-order valence-corrected chi connectivity index (χ3v) is 2.55. The molecule has 0 aromatic heterocycles. The molecule has 0 heterocycles. The molecule has 1 aliphatic carbocycles. The predicted octanol–water partition coefficient (Wildman–Crippen LogP) is 2.65. The summed E-state index contributed by atoms with van der Waals surface area (Å²) in [6.45, 7) is 1.34. The molecule has 4 heteroatoms. The minimum Gasteiger partial charge on any atom is -0.452 e. The van der Waals surface area contributed by atoms with Crippen molar-refractivity contribution in [3.8, 4) is 5.75 Å². The fraction of sp³-hybridized carbons (Fsp3) is 0.417. The largest absolute Gasteiger partial charge is 0.452 e. The van der Waals surface area contributed by atoms with E-state index in [-0.39, 0.29) is 11.8 Å². The minimum absolute atomic E-state index is 0.366. The van der Waals surface area contributed by atoms with E-state index in [1.807, 2.05) is 0 Å². The number of esters is 1. The molecule has 1 saturated carbocycles. The van der Waals surface area contributed by atoms with Crippen LogP contribution in [-0.2, 0) is 9.53 Å². The van der Waals surface area contributed by atoms with Crippen molar-refractivity contribution in [1.82, 2.24) is 0 Å². The van der Waals surface area contributed by atoms with E-state index in [0.29, 0.717) is 18.6 Å². The van der Waals surface area contributed by atoms with Gasteiger partial charge in [0.1, 0.15) is 11.6 Å². The van der Waals surface area contributed by atoms with Crippen molar-refractivity contribution in [2.75, 3.05) is 0 Å². The molecule has 1 aliphatic rings. The number of carbonyl (C=O) groups excluding carboxylic acids is 1. The Balaban J connectivity index is 2.09. The van der Waals surface area contributed by atoms with Crippen molar-refractivity contribution >= 4 is 5.97 Å². The topological polar surface area (TPSA) is 35.5 Å². The molecule has 1 fully saturated rings. The molecule has 0 aliphatic heterocycles. The second kappa shape index (κ2) is 4.12. The highest BCUT2D eigenvalue weighted by molar-refractivity contribution is 5.66. The highest BCUT2D eigenvalue weighted by atomic mass is 19.1. The van der Waals surface area contributed by atoms with Crippen LogP contribution in [0.25, 0.3) is 0 Å². The molecule has 1 aromatic carbocycles. The molecule has 3 nitrogen and oxygen atoms in total. The van der Waals surface area contributed by atoms with E-state index < -0.39 is 5.79 Å². The maximum Gasteiger partial charge on any atom is 0.305 e. The van der Waals surface area contributed by atoms with Crippen molar-refractivity contribution in [2.45, 2.75) is 32.0 Å². The second-order valence-electron chi connectivity index (χ2n) is 3.92. The van der Waals surface area contributed by atoms with E-state index >= 15 is 0 Å². The summed E-state index contributed by atoms with van der Waals surface area (Å²) in [5.74, 6) is -1.23. The second-order valence-corrected chi connectivity index (χ2v) is 3.92. The van der Waals surface area contributed by atoms with Crippen molar-refractivity contribution in [1.29, 1.82) is 0 Å². The summed E-state index contributed by atoms with van der Waals surface area (Å²) in [6.07, 6.45) is 2.26. The smallest absolute Gasteiger partial charge is 0.305 e. The lowest BCUT2D eigenvalue weighted by atomic mass is 9.91. The van der Waals surface area contributed by atoms with Crippen LogP contribution in [0.2, 0.25) is 0 Å². The molecule has 0 N–H and O–H groups in total. The Kier molecular flexibility index (Phi) is 2.81. The molecule has 1 aromatic rings. The predicted molar refractivity (Wildman–Crippen MR) is 55.4 cm³/mol. The first-order valence-electron chi connectivity index (χ1n) is 5.24. The summed E-state index contributed by atoms with van der Waals surface area (Å²) in [7, 11) is 0.